The zero-order chi connectivity index (χ0) is 9.84. The van der Waals surface area contributed by atoms with Crippen LogP contribution in [0.15, 0.2) is 18.2 Å². The van der Waals surface area contributed by atoms with Gasteiger partial charge in [0, 0.05) is 23.1 Å². The molecule has 0 fully saturated rings. The molecular weight excluding hydrogens is 190 g/mol. The molecule has 0 spiro atoms. The highest BCUT2D eigenvalue weighted by molar-refractivity contribution is 6.30. The molecule has 66 valence electrons. The molecule has 0 aliphatic carbocycles. The molecule has 0 aromatic heterocycles. The normalized spacial score (nSPS) is 9.23. The monoisotopic (exact) mass is 195 g/mol. The van der Waals surface area contributed by atoms with Crippen molar-refractivity contribution in [1.82, 2.24) is 0 Å². The van der Waals surface area contributed by atoms with Crippen LogP contribution < -0.4 is 0 Å². The van der Waals surface area contributed by atoms with E-state index in [0.717, 1.165) is 0 Å². The van der Waals surface area contributed by atoms with Crippen molar-refractivity contribution in [1.29, 1.82) is 0 Å². The Morgan fingerprint density at radius 2 is 2.31 bits per heavy atom. The quantitative estimate of drug-likeness (QED) is 0.413. The lowest BCUT2D eigenvalue weighted by atomic mass is 10.1. The minimum Gasteiger partial charge on any atom is -0.258 e. The number of halogens is 1. The molecule has 3 nitrogen and oxygen atoms in total. The summed E-state index contributed by atoms with van der Waals surface area (Å²) in [6.07, 6.45) is 5.28. The van der Waals surface area contributed by atoms with Crippen molar-refractivity contribution in [3.05, 3.63) is 38.9 Å². The number of nitrogens with zero attached hydrogens (tertiary/aromatic N) is 1. The molecule has 0 aliphatic heterocycles. The van der Waals surface area contributed by atoms with Crippen LogP contribution in [-0.2, 0) is 6.42 Å². The van der Waals surface area contributed by atoms with Crippen molar-refractivity contribution in [3.63, 3.8) is 0 Å². The topological polar surface area (TPSA) is 43.1 Å². The van der Waals surface area contributed by atoms with Crippen LogP contribution in [0.25, 0.3) is 0 Å². The van der Waals surface area contributed by atoms with Crippen LogP contribution in [0.2, 0.25) is 5.02 Å². The van der Waals surface area contributed by atoms with Gasteiger partial charge in [-0.05, 0) is 12.1 Å². The van der Waals surface area contributed by atoms with Gasteiger partial charge in [-0.25, -0.2) is 0 Å². The van der Waals surface area contributed by atoms with Crippen LogP contribution in [0, 0.1) is 22.5 Å². The number of nitro groups is 1. The first-order valence-corrected chi connectivity index (χ1v) is 3.89. The number of terminal acetylenes is 1. The summed E-state index contributed by atoms with van der Waals surface area (Å²) in [6.45, 7) is 0. The van der Waals surface area contributed by atoms with Gasteiger partial charge in [-0.15, -0.1) is 12.3 Å². The molecule has 0 saturated heterocycles. The zero-order valence-electron chi connectivity index (χ0n) is 6.66. The smallest absolute Gasteiger partial charge is 0.258 e. The Kier molecular flexibility index (Phi) is 2.88. The summed E-state index contributed by atoms with van der Waals surface area (Å²) < 4.78 is 0. The SMILES string of the molecule is C#CCc1cc(Cl)ccc1[N+](=O)[O-]. The second kappa shape index (κ2) is 3.92. The van der Waals surface area contributed by atoms with Gasteiger partial charge in [0.2, 0.25) is 0 Å². The lowest BCUT2D eigenvalue weighted by Crippen LogP contribution is -1.94. The molecule has 0 heterocycles. The van der Waals surface area contributed by atoms with Crippen molar-refractivity contribution in [2.24, 2.45) is 0 Å². The number of rotatable bonds is 2. The van der Waals surface area contributed by atoms with E-state index in [0.29, 0.717) is 10.6 Å². The molecular formula is C9H6ClNO2. The van der Waals surface area contributed by atoms with Gasteiger partial charge in [0.25, 0.3) is 5.69 Å². The second-order valence-electron chi connectivity index (χ2n) is 2.41. The number of hydrogen-bond acceptors (Lipinski definition) is 2. The van der Waals surface area contributed by atoms with Crippen LogP contribution in [0.4, 0.5) is 5.69 Å². The lowest BCUT2D eigenvalue weighted by Gasteiger charge is -1.98. The molecule has 0 aliphatic rings. The van der Waals surface area contributed by atoms with Crippen molar-refractivity contribution < 1.29 is 4.92 Å². The molecule has 0 atom stereocenters. The maximum absolute atomic E-state index is 10.5. The Morgan fingerprint density at radius 3 is 2.85 bits per heavy atom. The zero-order valence-corrected chi connectivity index (χ0v) is 7.41. The van der Waals surface area contributed by atoms with Crippen LogP contribution in [0.3, 0.4) is 0 Å². The van der Waals surface area contributed by atoms with E-state index < -0.39 is 4.92 Å². The molecule has 0 amide bonds. The lowest BCUT2D eigenvalue weighted by molar-refractivity contribution is -0.385. The predicted octanol–water partition coefficient (Wildman–Crippen LogP) is 2.42. The maximum Gasteiger partial charge on any atom is 0.273 e. The number of hydrogen-bond donors (Lipinski definition) is 0. The molecule has 0 radical (unpaired) electrons. The maximum atomic E-state index is 10.5. The van der Waals surface area contributed by atoms with Crippen molar-refractivity contribution in [2.45, 2.75) is 6.42 Å². The fourth-order valence-electron chi connectivity index (χ4n) is 0.984. The van der Waals surface area contributed by atoms with Gasteiger partial charge in [0.15, 0.2) is 0 Å². The van der Waals surface area contributed by atoms with Gasteiger partial charge >= 0.3 is 0 Å². The first-order valence-electron chi connectivity index (χ1n) is 3.51. The van der Waals surface area contributed by atoms with E-state index in [9.17, 15) is 10.1 Å². The summed E-state index contributed by atoms with van der Waals surface area (Å²) >= 11 is 5.67. The molecule has 4 heteroatoms. The fraction of sp³-hybridized carbons (Fsp3) is 0.111. The van der Waals surface area contributed by atoms with Gasteiger partial charge in [0.05, 0.1) is 4.92 Å². The highest BCUT2D eigenvalue weighted by atomic mass is 35.5. The second-order valence-corrected chi connectivity index (χ2v) is 2.85. The molecule has 13 heavy (non-hydrogen) atoms. The highest BCUT2D eigenvalue weighted by Gasteiger charge is 2.12. The predicted molar refractivity (Wildman–Crippen MR) is 50.6 cm³/mol. The Bertz CT molecular complexity index is 382. The van der Waals surface area contributed by atoms with E-state index in [2.05, 4.69) is 5.92 Å². The van der Waals surface area contributed by atoms with Gasteiger partial charge in [-0.3, -0.25) is 10.1 Å². The highest BCUT2D eigenvalue weighted by Crippen LogP contribution is 2.22. The summed E-state index contributed by atoms with van der Waals surface area (Å²) in [5, 5.41) is 11.0. The van der Waals surface area contributed by atoms with E-state index in [1.54, 1.807) is 0 Å². The van der Waals surface area contributed by atoms with Crippen molar-refractivity contribution >= 4 is 17.3 Å². The standard InChI is InChI=1S/C9H6ClNO2/c1-2-3-7-6-8(10)4-5-9(7)11(12)13/h1,4-6H,3H2. The minimum absolute atomic E-state index is 0.0161. The van der Waals surface area contributed by atoms with E-state index in [1.165, 1.54) is 18.2 Å². The van der Waals surface area contributed by atoms with E-state index in [-0.39, 0.29) is 12.1 Å². The molecule has 1 aromatic carbocycles. The molecule has 0 saturated carbocycles. The Balaban J connectivity index is 3.20. The third-order valence-corrected chi connectivity index (χ3v) is 1.77. The van der Waals surface area contributed by atoms with Gasteiger partial charge in [-0.2, -0.15) is 0 Å². The van der Waals surface area contributed by atoms with Crippen molar-refractivity contribution in [2.75, 3.05) is 0 Å². The minimum atomic E-state index is -0.469. The first-order chi connectivity index (χ1) is 6.15. The van der Waals surface area contributed by atoms with Crippen LogP contribution >= 0.6 is 11.6 Å². The van der Waals surface area contributed by atoms with Gasteiger partial charge in [0.1, 0.15) is 0 Å². The Morgan fingerprint density at radius 1 is 1.62 bits per heavy atom. The summed E-state index contributed by atoms with van der Waals surface area (Å²) in [5.74, 6) is 2.34. The van der Waals surface area contributed by atoms with E-state index in [1.807, 2.05) is 0 Å². The van der Waals surface area contributed by atoms with Crippen LogP contribution in [-0.4, -0.2) is 4.92 Å². The first kappa shape index (κ1) is 9.56. The molecule has 1 aromatic rings. The summed E-state index contributed by atoms with van der Waals surface area (Å²) in [4.78, 5) is 10.0. The average Bonchev–Trinajstić information content (AvgIpc) is 2.04. The third kappa shape index (κ3) is 2.20. The molecule has 1 rings (SSSR count). The average molecular weight is 196 g/mol. The molecule has 0 bridgehead atoms. The van der Waals surface area contributed by atoms with Gasteiger partial charge < -0.3 is 0 Å². The van der Waals surface area contributed by atoms with E-state index >= 15 is 0 Å². The third-order valence-electron chi connectivity index (χ3n) is 1.53. The number of nitro benzene ring substituents is 1. The molecule has 0 N–H and O–H groups in total. The largest absolute Gasteiger partial charge is 0.273 e. The van der Waals surface area contributed by atoms with Crippen molar-refractivity contribution in [3.8, 4) is 12.3 Å². The van der Waals surface area contributed by atoms with Gasteiger partial charge in [-0.1, -0.05) is 11.6 Å². The molecule has 0 unspecified atom stereocenters. The summed E-state index contributed by atoms with van der Waals surface area (Å²) in [7, 11) is 0. The van der Waals surface area contributed by atoms with Crippen LogP contribution in [0.5, 0.6) is 0 Å². The number of benzene rings is 1. The summed E-state index contributed by atoms with van der Waals surface area (Å²) in [6, 6.07) is 4.34. The van der Waals surface area contributed by atoms with Crippen LogP contribution in [0.1, 0.15) is 5.56 Å². The summed E-state index contributed by atoms with van der Waals surface area (Å²) in [5.41, 5.74) is 0.488. The Labute approximate surface area is 80.5 Å². The van der Waals surface area contributed by atoms with E-state index in [4.69, 9.17) is 18.0 Å². The Hall–Kier alpha value is -1.53. The fourth-order valence-corrected chi connectivity index (χ4v) is 1.18.